The molecule has 1 unspecified atom stereocenters. The molecule has 1 heterocycles. The summed E-state index contributed by atoms with van der Waals surface area (Å²) in [6, 6.07) is 8.73. The van der Waals surface area contributed by atoms with Gasteiger partial charge >= 0.3 is 0 Å². The van der Waals surface area contributed by atoms with Crippen LogP contribution in [0.3, 0.4) is 0 Å². The van der Waals surface area contributed by atoms with Gasteiger partial charge in [0.25, 0.3) is 0 Å². The van der Waals surface area contributed by atoms with Gasteiger partial charge in [0, 0.05) is 15.3 Å². The largest absolute Gasteiger partial charge is 0.324 e. The van der Waals surface area contributed by atoms with Crippen LogP contribution in [0.25, 0.3) is 22.2 Å². The summed E-state index contributed by atoms with van der Waals surface area (Å²) in [7, 11) is 0. The van der Waals surface area contributed by atoms with Crippen molar-refractivity contribution in [2.75, 3.05) is 0 Å². The molecule has 3 rings (SSSR count). The third-order valence-corrected chi connectivity index (χ3v) is 4.19. The molecule has 0 bridgehead atoms. The van der Waals surface area contributed by atoms with Gasteiger partial charge in [-0.25, -0.2) is 0 Å². The van der Waals surface area contributed by atoms with Crippen molar-refractivity contribution in [1.29, 1.82) is 0 Å². The van der Waals surface area contributed by atoms with Gasteiger partial charge in [-0.15, -0.1) is 11.3 Å². The fourth-order valence-corrected chi connectivity index (χ4v) is 3.27. The van der Waals surface area contributed by atoms with Crippen molar-refractivity contribution < 1.29 is 0 Å². The van der Waals surface area contributed by atoms with E-state index >= 15 is 0 Å². The Bertz CT molecular complexity index is 624. The zero-order valence-electron chi connectivity index (χ0n) is 8.60. The molecule has 1 aliphatic carbocycles. The average Bonchev–Trinajstić information content (AvgIpc) is 2.57. The molecule has 2 N–H and O–H groups in total. The van der Waals surface area contributed by atoms with Gasteiger partial charge in [-0.2, -0.15) is 0 Å². The Kier molecular flexibility index (Phi) is 1.94. The highest BCUT2D eigenvalue weighted by molar-refractivity contribution is 7.17. The highest BCUT2D eigenvalue weighted by atomic mass is 32.1. The van der Waals surface area contributed by atoms with Crippen LogP contribution < -0.4 is 15.5 Å². The van der Waals surface area contributed by atoms with Crippen molar-refractivity contribution in [3.05, 3.63) is 34.0 Å². The highest BCUT2D eigenvalue weighted by Gasteiger charge is 2.13. The molecule has 15 heavy (non-hydrogen) atoms. The van der Waals surface area contributed by atoms with E-state index < -0.39 is 0 Å². The first-order valence-electron chi connectivity index (χ1n) is 5.22. The Balaban J connectivity index is 2.49. The van der Waals surface area contributed by atoms with Gasteiger partial charge < -0.3 is 5.73 Å². The zero-order chi connectivity index (χ0) is 10.4. The second kappa shape index (κ2) is 3.19. The van der Waals surface area contributed by atoms with E-state index in [1.165, 1.54) is 19.8 Å². The van der Waals surface area contributed by atoms with Gasteiger partial charge in [-0.3, -0.25) is 0 Å². The lowest BCUT2D eigenvalue weighted by atomic mass is 9.97. The van der Waals surface area contributed by atoms with E-state index in [9.17, 15) is 0 Å². The van der Waals surface area contributed by atoms with Crippen LogP contribution in [0.1, 0.15) is 6.92 Å². The smallest absolute Gasteiger partial charge is 0.0355 e. The predicted octanol–water partition coefficient (Wildman–Crippen LogP) is 1.44. The van der Waals surface area contributed by atoms with Crippen LogP contribution in [0, 0.1) is 5.92 Å². The second-order valence-corrected chi connectivity index (χ2v) is 5.23. The van der Waals surface area contributed by atoms with Gasteiger partial charge in [0.15, 0.2) is 0 Å². The fourth-order valence-electron chi connectivity index (χ4n) is 2.08. The minimum atomic E-state index is 0.172. The number of hydrogen-bond acceptors (Lipinski definition) is 2. The maximum Gasteiger partial charge on any atom is 0.0355 e. The molecule has 76 valence electrons. The van der Waals surface area contributed by atoms with E-state index in [1.807, 2.05) is 11.3 Å². The molecule has 1 nitrogen and oxygen atoms in total. The first-order valence-corrected chi connectivity index (χ1v) is 6.04. The molecule has 0 aliphatic heterocycles. The summed E-state index contributed by atoms with van der Waals surface area (Å²) >= 11 is 1.84. The minimum Gasteiger partial charge on any atom is -0.324 e. The SMILES string of the molecule is C[C@@H]1C=c2c(sc3ccccc23)=CC1N. The Labute approximate surface area is 92.5 Å². The third kappa shape index (κ3) is 1.33. The van der Waals surface area contributed by atoms with Gasteiger partial charge in [-0.1, -0.05) is 31.2 Å². The van der Waals surface area contributed by atoms with Crippen molar-refractivity contribution in [2.45, 2.75) is 13.0 Å². The van der Waals surface area contributed by atoms with Gasteiger partial charge in [0.1, 0.15) is 0 Å². The molecule has 1 aromatic carbocycles. The van der Waals surface area contributed by atoms with Crippen molar-refractivity contribution in [1.82, 2.24) is 0 Å². The van der Waals surface area contributed by atoms with Gasteiger partial charge in [0.05, 0.1) is 0 Å². The lowest BCUT2D eigenvalue weighted by molar-refractivity contribution is 0.682. The molecule has 2 heteroatoms. The quantitative estimate of drug-likeness (QED) is 0.707. The van der Waals surface area contributed by atoms with Crippen molar-refractivity contribution >= 4 is 33.6 Å². The van der Waals surface area contributed by atoms with E-state index in [1.54, 1.807) is 0 Å². The minimum absolute atomic E-state index is 0.172. The van der Waals surface area contributed by atoms with E-state index in [4.69, 9.17) is 5.73 Å². The van der Waals surface area contributed by atoms with Crippen molar-refractivity contribution in [3.8, 4) is 0 Å². The number of hydrogen-bond donors (Lipinski definition) is 1. The Hall–Kier alpha value is -1.12. The van der Waals surface area contributed by atoms with Crippen LogP contribution >= 0.6 is 11.3 Å². The van der Waals surface area contributed by atoms with Crippen LogP contribution in [-0.4, -0.2) is 6.04 Å². The lowest BCUT2D eigenvalue weighted by Gasteiger charge is -2.14. The van der Waals surface area contributed by atoms with Crippen molar-refractivity contribution in [3.63, 3.8) is 0 Å². The van der Waals surface area contributed by atoms with Gasteiger partial charge in [-0.05, 0) is 28.7 Å². The molecule has 1 aromatic heterocycles. The van der Waals surface area contributed by atoms with Crippen molar-refractivity contribution in [2.24, 2.45) is 11.7 Å². The highest BCUT2D eigenvalue weighted by Crippen LogP contribution is 2.15. The monoisotopic (exact) mass is 215 g/mol. The van der Waals surface area contributed by atoms with Crippen LogP contribution in [0.2, 0.25) is 0 Å². The summed E-state index contributed by atoms with van der Waals surface area (Å²) in [5.41, 5.74) is 6.03. The summed E-state index contributed by atoms with van der Waals surface area (Å²) < 4.78 is 2.69. The molecule has 2 atom stereocenters. The topological polar surface area (TPSA) is 26.0 Å². The molecular weight excluding hydrogens is 202 g/mol. The first-order chi connectivity index (χ1) is 7.25. The Morgan fingerprint density at radius 1 is 1.20 bits per heavy atom. The van der Waals surface area contributed by atoms with E-state index in [0.717, 1.165) is 0 Å². The molecule has 0 saturated carbocycles. The molecule has 0 fully saturated rings. The zero-order valence-corrected chi connectivity index (χ0v) is 9.42. The third-order valence-electron chi connectivity index (χ3n) is 3.04. The maximum absolute atomic E-state index is 6.03. The molecular formula is C13H13NS. The number of benzene rings is 1. The number of fused-ring (bicyclic) bond motifs is 3. The summed E-state index contributed by atoms with van der Waals surface area (Å²) in [5.74, 6) is 0.440. The standard InChI is InChI=1S/C13H13NS/c1-8-6-10-9-4-2-3-5-12(9)15-13(10)7-11(8)14/h2-8,11H,14H2,1H3/t8-,11?/m1/s1. The van der Waals surface area contributed by atoms with E-state index in [0.29, 0.717) is 5.92 Å². The Morgan fingerprint density at radius 2 is 2.00 bits per heavy atom. The second-order valence-electron chi connectivity index (χ2n) is 4.15. The summed E-state index contributed by atoms with van der Waals surface area (Å²) in [5, 5.41) is 2.75. The van der Waals surface area contributed by atoms with Crippen LogP contribution in [-0.2, 0) is 0 Å². The number of rotatable bonds is 0. The summed E-state index contributed by atoms with van der Waals surface area (Å²) in [6.45, 7) is 2.18. The van der Waals surface area contributed by atoms with E-state index in [2.05, 4.69) is 43.3 Å². The molecule has 0 radical (unpaired) electrons. The van der Waals surface area contributed by atoms with Crippen LogP contribution in [0.5, 0.6) is 0 Å². The maximum atomic E-state index is 6.03. The molecule has 2 aromatic rings. The average molecular weight is 215 g/mol. The number of nitrogens with two attached hydrogens (primary N) is 1. The molecule has 0 spiro atoms. The van der Waals surface area contributed by atoms with Crippen LogP contribution in [0.4, 0.5) is 0 Å². The summed E-state index contributed by atoms with van der Waals surface area (Å²) in [6.07, 6.45) is 4.50. The summed E-state index contributed by atoms with van der Waals surface area (Å²) in [4.78, 5) is 0. The predicted molar refractivity (Wildman–Crippen MR) is 67.1 cm³/mol. The van der Waals surface area contributed by atoms with Crippen LogP contribution in [0.15, 0.2) is 24.3 Å². The molecule has 1 aliphatic rings. The van der Waals surface area contributed by atoms with E-state index in [-0.39, 0.29) is 6.04 Å². The Morgan fingerprint density at radius 3 is 2.87 bits per heavy atom. The first kappa shape index (κ1) is 9.13. The normalized spacial score (nSPS) is 24.4. The molecule has 0 amide bonds. The lowest BCUT2D eigenvalue weighted by Crippen LogP contribution is -2.35. The fraction of sp³-hybridized carbons (Fsp3) is 0.231. The van der Waals surface area contributed by atoms with Gasteiger partial charge in [0.2, 0.25) is 0 Å². The number of thiophene rings is 1. The molecule has 0 saturated heterocycles.